The van der Waals surface area contributed by atoms with Crippen molar-refractivity contribution < 1.29 is 14.7 Å². The standard InChI is InChI=1S/C12H12N2O3/c15-8-3-1-2-6-4-7-5-13-11(12(16)17)10(7)14-9(6)8/h5,13-14H,1-4H2,(H,16,17). The van der Waals surface area contributed by atoms with Crippen molar-refractivity contribution in [3.8, 4) is 0 Å². The zero-order valence-electron chi connectivity index (χ0n) is 9.17. The molecule has 2 aliphatic rings. The monoisotopic (exact) mass is 232 g/mol. The summed E-state index contributed by atoms with van der Waals surface area (Å²) in [5.74, 6) is -0.916. The van der Waals surface area contributed by atoms with Crippen molar-refractivity contribution in [2.45, 2.75) is 25.7 Å². The number of hydrogen-bond donors (Lipinski definition) is 3. The second kappa shape index (κ2) is 3.48. The highest BCUT2D eigenvalue weighted by molar-refractivity contribution is 6.03. The van der Waals surface area contributed by atoms with Crippen molar-refractivity contribution >= 4 is 17.4 Å². The molecule has 0 bridgehead atoms. The van der Waals surface area contributed by atoms with Gasteiger partial charge in [0.25, 0.3) is 0 Å². The molecule has 1 aromatic heterocycles. The number of anilines is 1. The topological polar surface area (TPSA) is 82.2 Å². The normalized spacial score (nSPS) is 18.5. The van der Waals surface area contributed by atoms with E-state index in [1.165, 1.54) is 0 Å². The maximum Gasteiger partial charge on any atom is 0.354 e. The molecule has 5 heteroatoms. The van der Waals surface area contributed by atoms with Crippen molar-refractivity contribution in [3.63, 3.8) is 0 Å². The number of ketones is 1. The number of aromatic amines is 1. The van der Waals surface area contributed by atoms with E-state index in [2.05, 4.69) is 10.3 Å². The van der Waals surface area contributed by atoms with Crippen LogP contribution in [0.25, 0.3) is 0 Å². The Hall–Kier alpha value is -2.04. The molecule has 1 aromatic rings. The van der Waals surface area contributed by atoms with Crippen LogP contribution in [-0.4, -0.2) is 21.8 Å². The molecule has 0 unspecified atom stereocenters. The second-order valence-electron chi connectivity index (χ2n) is 4.43. The summed E-state index contributed by atoms with van der Waals surface area (Å²) in [7, 11) is 0. The number of carboxylic acids is 1. The number of hydrogen-bond acceptors (Lipinski definition) is 3. The summed E-state index contributed by atoms with van der Waals surface area (Å²) in [6, 6.07) is 0. The third-order valence-corrected chi connectivity index (χ3v) is 3.34. The SMILES string of the molecule is O=C1CCCC2=C1Nc1c(c[nH]c1C(=O)O)C2. The molecule has 0 saturated carbocycles. The fourth-order valence-corrected chi connectivity index (χ4v) is 2.51. The number of allylic oxidation sites excluding steroid dienone is 2. The molecule has 3 N–H and O–H groups in total. The molecular formula is C12H12N2O3. The molecular weight excluding hydrogens is 220 g/mol. The number of aromatic nitrogens is 1. The van der Waals surface area contributed by atoms with Crippen molar-refractivity contribution in [3.05, 3.63) is 28.7 Å². The number of aromatic carboxylic acids is 1. The van der Waals surface area contributed by atoms with Gasteiger partial charge in [-0.15, -0.1) is 0 Å². The molecule has 88 valence electrons. The summed E-state index contributed by atoms with van der Waals surface area (Å²) in [5.41, 5.74) is 3.32. The summed E-state index contributed by atoms with van der Waals surface area (Å²) < 4.78 is 0. The van der Waals surface area contributed by atoms with Gasteiger partial charge in [0, 0.05) is 12.6 Å². The first kappa shape index (κ1) is 10.1. The van der Waals surface area contributed by atoms with Gasteiger partial charge in [-0.25, -0.2) is 4.79 Å². The molecule has 1 aliphatic carbocycles. The molecule has 0 radical (unpaired) electrons. The van der Waals surface area contributed by atoms with Crippen molar-refractivity contribution in [1.29, 1.82) is 0 Å². The molecule has 0 saturated heterocycles. The number of H-pyrrole nitrogens is 1. The molecule has 0 fully saturated rings. The number of nitrogens with one attached hydrogen (secondary N) is 2. The lowest BCUT2D eigenvalue weighted by atomic mass is 9.88. The van der Waals surface area contributed by atoms with Crippen LogP contribution < -0.4 is 5.32 Å². The van der Waals surface area contributed by atoms with E-state index in [1.54, 1.807) is 6.20 Å². The number of rotatable bonds is 1. The highest BCUT2D eigenvalue weighted by Crippen LogP contribution is 2.35. The average molecular weight is 232 g/mol. The summed E-state index contributed by atoms with van der Waals surface area (Å²) >= 11 is 0. The van der Waals surface area contributed by atoms with Crippen LogP contribution >= 0.6 is 0 Å². The van der Waals surface area contributed by atoms with Gasteiger partial charge >= 0.3 is 5.97 Å². The lowest BCUT2D eigenvalue weighted by molar-refractivity contribution is -0.115. The fraction of sp³-hybridized carbons (Fsp3) is 0.333. The third-order valence-electron chi connectivity index (χ3n) is 3.34. The third kappa shape index (κ3) is 1.46. The summed E-state index contributed by atoms with van der Waals surface area (Å²) in [6.07, 6.45) is 4.74. The Kier molecular flexibility index (Phi) is 2.07. The molecule has 5 nitrogen and oxygen atoms in total. The zero-order valence-corrected chi connectivity index (χ0v) is 9.17. The van der Waals surface area contributed by atoms with Gasteiger partial charge in [0.15, 0.2) is 5.78 Å². The van der Waals surface area contributed by atoms with Crippen LogP contribution in [0.5, 0.6) is 0 Å². The van der Waals surface area contributed by atoms with Gasteiger partial charge in [-0.1, -0.05) is 0 Å². The predicted molar refractivity (Wildman–Crippen MR) is 61.0 cm³/mol. The summed E-state index contributed by atoms with van der Waals surface area (Å²) in [5, 5.41) is 12.0. The number of carbonyl (C=O) groups is 2. The Labute approximate surface area is 97.5 Å². The van der Waals surface area contributed by atoms with E-state index in [0.29, 0.717) is 24.2 Å². The maximum absolute atomic E-state index is 11.8. The van der Waals surface area contributed by atoms with E-state index in [0.717, 1.165) is 24.0 Å². The van der Waals surface area contributed by atoms with Gasteiger partial charge in [0.1, 0.15) is 5.69 Å². The van der Waals surface area contributed by atoms with E-state index < -0.39 is 5.97 Å². The second-order valence-corrected chi connectivity index (χ2v) is 4.43. The Morgan fingerprint density at radius 3 is 2.94 bits per heavy atom. The van der Waals surface area contributed by atoms with E-state index in [1.807, 2.05) is 0 Å². The van der Waals surface area contributed by atoms with Gasteiger partial charge in [-0.2, -0.15) is 0 Å². The fourth-order valence-electron chi connectivity index (χ4n) is 2.51. The first-order valence-corrected chi connectivity index (χ1v) is 5.62. The molecule has 17 heavy (non-hydrogen) atoms. The lowest BCUT2D eigenvalue weighted by Crippen LogP contribution is -2.23. The first-order chi connectivity index (χ1) is 8.16. The van der Waals surface area contributed by atoms with Gasteiger partial charge in [-0.3, -0.25) is 4.79 Å². The highest BCUT2D eigenvalue weighted by Gasteiger charge is 2.29. The van der Waals surface area contributed by atoms with E-state index in [9.17, 15) is 9.59 Å². The smallest absolute Gasteiger partial charge is 0.354 e. The van der Waals surface area contributed by atoms with Crippen molar-refractivity contribution in [2.24, 2.45) is 0 Å². The van der Waals surface area contributed by atoms with Gasteiger partial charge in [0.2, 0.25) is 0 Å². The molecule has 3 rings (SSSR count). The molecule has 0 amide bonds. The van der Waals surface area contributed by atoms with Gasteiger partial charge in [-0.05, 0) is 30.4 Å². The van der Waals surface area contributed by atoms with Crippen LogP contribution in [0.15, 0.2) is 17.5 Å². The predicted octanol–water partition coefficient (Wildman–Crippen LogP) is 1.69. The van der Waals surface area contributed by atoms with E-state index in [4.69, 9.17) is 5.11 Å². The van der Waals surface area contributed by atoms with E-state index >= 15 is 0 Å². The van der Waals surface area contributed by atoms with Gasteiger partial charge in [0.05, 0.1) is 11.4 Å². The lowest BCUT2D eigenvalue weighted by Gasteiger charge is -2.25. The zero-order chi connectivity index (χ0) is 12.0. The van der Waals surface area contributed by atoms with Crippen molar-refractivity contribution in [2.75, 3.05) is 5.32 Å². The first-order valence-electron chi connectivity index (χ1n) is 5.62. The van der Waals surface area contributed by atoms with Gasteiger partial charge < -0.3 is 15.4 Å². The van der Waals surface area contributed by atoms with E-state index in [-0.39, 0.29) is 11.5 Å². The molecule has 0 spiro atoms. The Balaban J connectivity index is 2.04. The quantitative estimate of drug-likeness (QED) is 0.688. The molecule has 0 aromatic carbocycles. The summed E-state index contributed by atoms with van der Waals surface area (Å²) in [6.45, 7) is 0. The Morgan fingerprint density at radius 1 is 1.35 bits per heavy atom. The van der Waals surface area contributed by atoms with Crippen LogP contribution in [-0.2, 0) is 11.2 Å². The number of carbonyl (C=O) groups excluding carboxylic acids is 1. The minimum absolute atomic E-state index is 0.0921. The average Bonchev–Trinajstić information content (AvgIpc) is 2.70. The van der Waals surface area contributed by atoms with Crippen LogP contribution in [0.1, 0.15) is 35.3 Å². The summed E-state index contributed by atoms with van der Waals surface area (Å²) in [4.78, 5) is 25.5. The van der Waals surface area contributed by atoms with Crippen LogP contribution in [0, 0.1) is 0 Å². The number of carboxylic acid groups (broad SMARTS) is 1. The Bertz CT molecular complexity index is 554. The van der Waals surface area contributed by atoms with Crippen LogP contribution in [0.3, 0.4) is 0 Å². The minimum Gasteiger partial charge on any atom is -0.477 e. The van der Waals surface area contributed by atoms with Crippen molar-refractivity contribution in [1.82, 2.24) is 4.98 Å². The maximum atomic E-state index is 11.8. The number of Topliss-reactive ketones (excluding diaryl/α,β-unsaturated/α-hetero) is 1. The highest BCUT2D eigenvalue weighted by atomic mass is 16.4. The van der Waals surface area contributed by atoms with Crippen LogP contribution in [0.2, 0.25) is 0 Å². The molecule has 0 atom stereocenters. The molecule has 1 aliphatic heterocycles. The number of fused-ring (bicyclic) bond motifs is 1. The minimum atomic E-state index is -1.01. The van der Waals surface area contributed by atoms with Crippen LogP contribution in [0.4, 0.5) is 5.69 Å². The largest absolute Gasteiger partial charge is 0.477 e. The Morgan fingerprint density at radius 2 is 2.18 bits per heavy atom. The molecule has 2 heterocycles.